The highest BCUT2D eigenvalue weighted by atomic mass is 16.5. The lowest BCUT2D eigenvalue weighted by molar-refractivity contribution is 0.0862. The minimum absolute atomic E-state index is 0.235. The molecule has 7 atom stereocenters. The predicted molar refractivity (Wildman–Crippen MR) is 148 cm³/mol. The molecular formula is C32H46N2O4. The highest BCUT2D eigenvalue weighted by Gasteiger charge is 2.55. The molecule has 0 unspecified atom stereocenters. The number of aliphatic hydroxyl groups excluding tert-OH is 3. The minimum atomic E-state index is -0.646. The molecule has 0 saturated heterocycles. The van der Waals surface area contributed by atoms with Crippen molar-refractivity contribution >= 4 is 0 Å². The Labute approximate surface area is 227 Å². The molecule has 0 bridgehead atoms. The first-order chi connectivity index (χ1) is 18.2. The van der Waals surface area contributed by atoms with Gasteiger partial charge in [-0.3, -0.25) is 0 Å². The zero-order valence-corrected chi connectivity index (χ0v) is 23.4. The number of allylic oxidation sites excluding steroid dienone is 4. The fourth-order valence-electron chi connectivity index (χ4n) is 7.76. The fourth-order valence-corrected chi connectivity index (χ4v) is 7.76. The van der Waals surface area contributed by atoms with Crippen LogP contribution in [0.15, 0.2) is 52.1 Å². The monoisotopic (exact) mass is 522 g/mol. The van der Waals surface area contributed by atoms with E-state index >= 15 is 0 Å². The Morgan fingerprint density at radius 1 is 1.16 bits per heavy atom. The van der Waals surface area contributed by atoms with E-state index in [1.54, 1.807) is 0 Å². The lowest BCUT2D eigenvalue weighted by Crippen LogP contribution is -2.35. The second-order valence-electron chi connectivity index (χ2n) is 12.8. The molecule has 1 aromatic heterocycles. The number of rotatable bonds is 8. The van der Waals surface area contributed by atoms with E-state index in [2.05, 4.69) is 55.7 Å². The molecule has 4 aliphatic carbocycles. The van der Waals surface area contributed by atoms with Gasteiger partial charge >= 0.3 is 0 Å². The molecule has 1 aromatic rings. The van der Waals surface area contributed by atoms with E-state index in [1.165, 1.54) is 31.3 Å². The summed E-state index contributed by atoms with van der Waals surface area (Å²) in [4.78, 5) is 4.58. The number of hydrogen-bond donors (Lipinski definition) is 3. The molecule has 6 nitrogen and oxygen atoms in total. The molecule has 0 amide bonds. The topological polar surface area (TPSA) is 99.6 Å². The molecule has 6 heteroatoms. The highest BCUT2D eigenvalue weighted by Crippen LogP contribution is 2.59. The summed E-state index contributed by atoms with van der Waals surface area (Å²) in [5.41, 5.74) is 3.06. The first-order valence-electron chi connectivity index (χ1n) is 14.8. The van der Waals surface area contributed by atoms with Crippen molar-refractivity contribution in [2.75, 3.05) is 0 Å². The molecule has 208 valence electrons. The van der Waals surface area contributed by atoms with E-state index in [4.69, 9.17) is 4.52 Å². The summed E-state index contributed by atoms with van der Waals surface area (Å²) in [5.74, 6) is 2.82. The highest BCUT2D eigenvalue weighted by molar-refractivity contribution is 5.38. The Balaban J connectivity index is 1.27. The third-order valence-corrected chi connectivity index (χ3v) is 10.3. The van der Waals surface area contributed by atoms with Crippen molar-refractivity contribution in [3.63, 3.8) is 0 Å². The van der Waals surface area contributed by atoms with Crippen LogP contribution in [-0.2, 0) is 11.8 Å². The van der Waals surface area contributed by atoms with Crippen molar-refractivity contribution in [3.8, 4) is 0 Å². The maximum absolute atomic E-state index is 11.1. The zero-order chi connectivity index (χ0) is 27.1. The van der Waals surface area contributed by atoms with Gasteiger partial charge in [-0.25, -0.2) is 0 Å². The van der Waals surface area contributed by atoms with Gasteiger partial charge < -0.3 is 19.8 Å². The number of aryl methyl sites for hydroxylation is 1. The van der Waals surface area contributed by atoms with Gasteiger partial charge in [0.25, 0.3) is 0 Å². The van der Waals surface area contributed by atoms with E-state index in [9.17, 15) is 15.3 Å². The lowest BCUT2D eigenvalue weighted by atomic mass is 9.61. The van der Waals surface area contributed by atoms with Gasteiger partial charge in [-0.15, -0.1) is 0 Å². The molecular weight excluding hydrogens is 476 g/mol. The first kappa shape index (κ1) is 27.5. The second-order valence-corrected chi connectivity index (χ2v) is 12.8. The van der Waals surface area contributed by atoms with Crippen LogP contribution in [-0.4, -0.2) is 43.8 Å². The Hall–Kier alpha value is -2.02. The quantitative estimate of drug-likeness (QED) is 0.376. The molecule has 3 N–H and O–H groups in total. The van der Waals surface area contributed by atoms with Crippen molar-refractivity contribution in [1.82, 2.24) is 10.1 Å². The number of aliphatic hydroxyl groups is 3. The fraction of sp³-hybridized carbons (Fsp3) is 0.688. The average Bonchev–Trinajstić information content (AvgIpc) is 3.42. The molecule has 0 spiro atoms. The second kappa shape index (κ2) is 10.9. The molecule has 38 heavy (non-hydrogen) atoms. The van der Waals surface area contributed by atoms with Gasteiger partial charge in [-0.2, -0.15) is 4.98 Å². The predicted octanol–water partition coefficient (Wildman–Crippen LogP) is 5.75. The van der Waals surface area contributed by atoms with Crippen LogP contribution in [0.2, 0.25) is 0 Å². The molecule has 4 fully saturated rings. The van der Waals surface area contributed by atoms with Crippen molar-refractivity contribution in [2.24, 2.45) is 23.2 Å². The number of fused-ring (bicyclic) bond motifs is 1. The Bertz CT molecular complexity index is 1110. The van der Waals surface area contributed by atoms with Crippen LogP contribution in [0, 0.1) is 23.2 Å². The van der Waals surface area contributed by atoms with Gasteiger partial charge in [-0.1, -0.05) is 62.4 Å². The van der Waals surface area contributed by atoms with Crippen molar-refractivity contribution < 1.29 is 19.8 Å². The van der Waals surface area contributed by atoms with E-state index in [0.717, 1.165) is 49.1 Å². The Morgan fingerprint density at radius 2 is 1.95 bits per heavy atom. The summed E-state index contributed by atoms with van der Waals surface area (Å²) in [6.45, 7) is 11.0. The molecule has 0 aliphatic heterocycles. The smallest absolute Gasteiger partial charge is 0.235 e. The van der Waals surface area contributed by atoms with Crippen molar-refractivity contribution in [2.45, 2.75) is 115 Å². The van der Waals surface area contributed by atoms with Crippen LogP contribution in [0.4, 0.5) is 0 Å². The van der Waals surface area contributed by atoms with Gasteiger partial charge in [0.1, 0.15) is 0 Å². The Kier molecular flexibility index (Phi) is 7.87. The van der Waals surface area contributed by atoms with E-state index in [-0.39, 0.29) is 5.41 Å². The van der Waals surface area contributed by atoms with E-state index < -0.39 is 23.7 Å². The summed E-state index contributed by atoms with van der Waals surface area (Å²) >= 11 is 0. The molecule has 4 saturated carbocycles. The van der Waals surface area contributed by atoms with Crippen LogP contribution in [0.5, 0.6) is 0 Å². The first-order valence-corrected chi connectivity index (χ1v) is 14.8. The molecule has 0 radical (unpaired) electrons. The van der Waals surface area contributed by atoms with E-state index in [1.807, 2.05) is 6.08 Å². The van der Waals surface area contributed by atoms with Crippen molar-refractivity contribution in [3.05, 3.63) is 59.3 Å². The van der Waals surface area contributed by atoms with Gasteiger partial charge in [0.05, 0.1) is 23.7 Å². The summed E-state index contributed by atoms with van der Waals surface area (Å²) in [7, 11) is 0. The average molecular weight is 523 g/mol. The van der Waals surface area contributed by atoms with Crippen LogP contribution < -0.4 is 0 Å². The third-order valence-electron chi connectivity index (χ3n) is 10.3. The number of nitrogens with zero attached hydrogens (tertiary/aromatic N) is 2. The van der Waals surface area contributed by atoms with Crippen LogP contribution in [0.3, 0.4) is 0 Å². The SMILES string of the molecule is C=C1/C(=C\C=C2/CCC[C@]3(C)[C@@H]([C@H](C)/C=C/[C@@H](O)C4(c5nc(CCC)no5)CC4)CC[C@@H]23)C[C@@H](O)C[C@@H]1O. The van der Waals surface area contributed by atoms with Crippen LogP contribution in [0.25, 0.3) is 0 Å². The summed E-state index contributed by atoms with van der Waals surface area (Å²) in [6, 6.07) is 0. The van der Waals surface area contributed by atoms with Gasteiger partial charge in [0.15, 0.2) is 5.82 Å². The largest absolute Gasteiger partial charge is 0.393 e. The summed E-state index contributed by atoms with van der Waals surface area (Å²) in [6.07, 6.45) is 17.3. The van der Waals surface area contributed by atoms with Crippen LogP contribution >= 0.6 is 0 Å². The van der Waals surface area contributed by atoms with Crippen LogP contribution in [0.1, 0.15) is 96.7 Å². The van der Waals surface area contributed by atoms with Gasteiger partial charge in [0.2, 0.25) is 5.89 Å². The minimum Gasteiger partial charge on any atom is -0.393 e. The van der Waals surface area contributed by atoms with Gasteiger partial charge in [-0.05, 0) is 92.1 Å². The Morgan fingerprint density at radius 3 is 2.68 bits per heavy atom. The summed E-state index contributed by atoms with van der Waals surface area (Å²) in [5, 5.41) is 35.6. The standard InChI is InChI=1S/C32H46N2O4/c1-5-7-29-33-30(38-34-29)32(16-17-32)28(37)14-9-20(2)25-12-13-26-22(8-6-15-31(25,26)4)10-11-23-18-24(35)19-27(36)21(23)3/h9-11,14,20,24-28,35-37H,3,5-8,12-13,15-19H2,1-2,4H3/b14-9+,22-10+,23-11-/t20-,24-,25-,26+,27+,28-,31-/m1/s1. The third kappa shape index (κ3) is 5.12. The number of hydrogen-bond acceptors (Lipinski definition) is 6. The number of aromatic nitrogens is 2. The molecule has 4 aliphatic rings. The maximum Gasteiger partial charge on any atom is 0.235 e. The van der Waals surface area contributed by atoms with Gasteiger partial charge in [0, 0.05) is 12.8 Å². The lowest BCUT2D eigenvalue weighted by Gasteiger charge is -2.44. The normalized spacial score (nSPS) is 36.6. The molecule has 5 rings (SSSR count). The van der Waals surface area contributed by atoms with Crippen molar-refractivity contribution in [1.29, 1.82) is 0 Å². The molecule has 0 aromatic carbocycles. The maximum atomic E-state index is 11.1. The molecule has 1 heterocycles. The summed E-state index contributed by atoms with van der Waals surface area (Å²) < 4.78 is 5.56. The zero-order valence-electron chi connectivity index (χ0n) is 23.4. The van der Waals surface area contributed by atoms with E-state index in [0.29, 0.717) is 36.5 Å².